The van der Waals surface area contributed by atoms with E-state index in [0.29, 0.717) is 62.9 Å². The lowest BCUT2D eigenvalue weighted by atomic mass is 9.79. The molecule has 6 nitrogen and oxygen atoms in total. The molecule has 5 rings (SSSR count). The summed E-state index contributed by atoms with van der Waals surface area (Å²) in [5.41, 5.74) is 5.37. The molecule has 0 radical (unpaired) electrons. The van der Waals surface area contributed by atoms with Crippen LogP contribution in [-0.4, -0.2) is 25.5 Å². The monoisotopic (exact) mass is 637 g/mol. The summed E-state index contributed by atoms with van der Waals surface area (Å²) in [6, 6.07) is 19.1. The van der Waals surface area contributed by atoms with Gasteiger partial charge in [0.15, 0.2) is 17.3 Å². The largest absolute Gasteiger partial charge is 0.490 e. The fourth-order valence-corrected chi connectivity index (χ4v) is 5.78. The molecule has 0 unspecified atom stereocenters. The fraction of sp³-hybridized carbons (Fsp3) is 0.200. The molecule has 1 N–H and O–H groups in total. The van der Waals surface area contributed by atoms with E-state index in [4.69, 9.17) is 14.2 Å². The molecular formula is C30H25Br2NO5. The topological polar surface area (TPSA) is 73.9 Å². The molecular weight excluding hydrogens is 614 g/mol. The molecule has 2 aliphatic rings. The molecule has 0 saturated heterocycles. The molecule has 1 heterocycles. The number of methoxy groups -OCH3 is 1. The number of hydrogen-bond donors (Lipinski definition) is 1. The molecule has 0 amide bonds. The number of hydrogen-bond acceptors (Lipinski definition) is 6. The van der Waals surface area contributed by atoms with Crippen molar-refractivity contribution in [1.29, 1.82) is 0 Å². The SMILES string of the molecule is CCOc1cc([C@@H]2C(C(=O)OC)=C(C)NC3=C2C(=O)c2ccccc23)cc(Br)c1OCc1ccc(Br)cc1. The Hall–Kier alpha value is -3.36. The van der Waals surface area contributed by atoms with Crippen LogP contribution in [-0.2, 0) is 16.1 Å². The third kappa shape index (κ3) is 4.67. The summed E-state index contributed by atoms with van der Waals surface area (Å²) in [6.45, 7) is 4.47. The van der Waals surface area contributed by atoms with Gasteiger partial charge in [0.25, 0.3) is 0 Å². The number of benzene rings is 3. The molecule has 38 heavy (non-hydrogen) atoms. The number of fused-ring (bicyclic) bond motifs is 2. The summed E-state index contributed by atoms with van der Waals surface area (Å²) in [7, 11) is 1.34. The molecule has 1 aliphatic carbocycles. The van der Waals surface area contributed by atoms with Gasteiger partial charge in [-0.25, -0.2) is 4.79 Å². The molecule has 3 aromatic rings. The van der Waals surface area contributed by atoms with Gasteiger partial charge in [0.1, 0.15) is 6.61 Å². The second-order valence-electron chi connectivity index (χ2n) is 8.93. The van der Waals surface area contributed by atoms with Gasteiger partial charge in [-0.15, -0.1) is 0 Å². The predicted molar refractivity (Wildman–Crippen MR) is 152 cm³/mol. The summed E-state index contributed by atoms with van der Waals surface area (Å²) in [5, 5.41) is 3.30. The molecule has 1 atom stereocenters. The third-order valence-electron chi connectivity index (χ3n) is 6.62. The van der Waals surface area contributed by atoms with Crippen LogP contribution in [0.3, 0.4) is 0 Å². The molecule has 0 aromatic heterocycles. The van der Waals surface area contributed by atoms with Crippen molar-refractivity contribution < 1.29 is 23.8 Å². The number of allylic oxidation sites excluding steroid dienone is 2. The Morgan fingerprint density at radius 2 is 1.71 bits per heavy atom. The van der Waals surface area contributed by atoms with Crippen LogP contribution in [0.25, 0.3) is 5.70 Å². The van der Waals surface area contributed by atoms with Gasteiger partial charge in [-0.05, 0) is 65.2 Å². The van der Waals surface area contributed by atoms with Crippen LogP contribution in [0, 0.1) is 0 Å². The average molecular weight is 639 g/mol. The first-order chi connectivity index (χ1) is 18.3. The zero-order valence-corrected chi connectivity index (χ0v) is 24.2. The number of ketones is 1. The van der Waals surface area contributed by atoms with E-state index in [1.54, 1.807) is 0 Å². The maximum atomic E-state index is 13.7. The molecule has 0 saturated carbocycles. The Morgan fingerprint density at radius 1 is 1.00 bits per heavy atom. The Bertz CT molecular complexity index is 1510. The Morgan fingerprint density at radius 3 is 2.39 bits per heavy atom. The number of carbonyl (C=O) groups is 2. The zero-order valence-electron chi connectivity index (χ0n) is 21.1. The maximum Gasteiger partial charge on any atom is 0.336 e. The van der Waals surface area contributed by atoms with Gasteiger partial charge in [0.2, 0.25) is 0 Å². The first-order valence-electron chi connectivity index (χ1n) is 12.1. The van der Waals surface area contributed by atoms with Gasteiger partial charge >= 0.3 is 5.97 Å². The molecule has 8 heteroatoms. The standard InChI is InChI=1S/C30H25Br2NO5/c1-4-37-23-14-18(13-22(32)29(23)38-15-17-9-11-19(31)12-10-17)25-24(30(35)36-3)16(2)33-27-20-7-5-6-8-21(20)28(34)26(25)27/h5-14,25,33H,4,15H2,1-3H3/t25-/m1/s1. The lowest BCUT2D eigenvalue weighted by molar-refractivity contribution is -0.136. The second kappa shape index (κ2) is 10.8. The van der Waals surface area contributed by atoms with Crippen molar-refractivity contribution in [2.45, 2.75) is 26.4 Å². The quantitative estimate of drug-likeness (QED) is 0.283. The average Bonchev–Trinajstić information content (AvgIpc) is 3.19. The van der Waals surface area contributed by atoms with E-state index in [0.717, 1.165) is 15.6 Å². The number of rotatable bonds is 7. The fourth-order valence-electron chi connectivity index (χ4n) is 4.94. The molecule has 0 fully saturated rings. The van der Waals surface area contributed by atoms with Crippen LogP contribution < -0.4 is 14.8 Å². The maximum absolute atomic E-state index is 13.7. The molecule has 1 aliphatic heterocycles. The van der Waals surface area contributed by atoms with Crippen LogP contribution in [0.15, 0.2) is 86.5 Å². The van der Waals surface area contributed by atoms with Crippen molar-refractivity contribution in [1.82, 2.24) is 5.32 Å². The molecule has 194 valence electrons. The summed E-state index contributed by atoms with van der Waals surface area (Å²) < 4.78 is 19.0. The summed E-state index contributed by atoms with van der Waals surface area (Å²) in [6.07, 6.45) is 0. The van der Waals surface area contributed by atoms with E-state index in [9.17, 15) is 9.59 Å². The van der Waals surface area contributed by atoms with Crippen molar-refractivity contribution in [2.75, 3.05) is 13.7 Å². The number of halogens is 2. The minimum absolute atomic E-state index is 0.119. The van der Waals surface area contributed by atoms with Gasteiger partial charge in [0.05, 0.1) is 29.5 Å². The van der Waals surface area contributed by atoms with Crippen molar-refractivity contribution in [3.05, 3.63) is 109 Å². The van der Waals surface area contributed by atoms with Gasteiger partial charge in [-0.1, -0.05) is 52.3 Å². The first-order valence-corrected chi connectivity index (χ1v) is 13.7. The second-order valence-corrected chi connectivity index (χ2v) is 10.7. The van der Waals surface area contributed by atoms with Crippen LogP contribution >= 0.6 is 31.9 Å². The summed E-state index contributed by atoms with van der Waals surface area (Å²) in [4.78, 5) is 26.7. The molecule has 3 aromatic carbocycles. The highest BCUT2D eigenvalue weighted by atomic mass is 79.9. The molecule has 0 spiro atoms. The first kappa shape index (κ1) is 26.3. The number of nitrogens with one attached hydrogen (secondary N) is 1. The van der Waals surface area contributed by atoms with E-state index in [1.165, 1.54) is 7.11 Å². The van der Waals surface area contributed by atoms with E-state index in [2.05, 4.69) is 37.2 Å². The van der Waals surface area contributed by atoms with E-state index >= 15 is 0 Å². The highest BCUT2D eigenvalue weighted by Crippen LogP contribution is 2.49. The summed E-state index contributed by atoms with van der Waals surface area (Å²) in [5.74, 6) is -0.219. The number of dihydropyridines is 1. The highest BCUT2D eigenvalue weighted by molar-refractivity contribution is 9.10. The van der Waals surface area contributed by atoms with Gasteiger partial charge in [-0.2, -0.15) is 0 Å². The minimum atomic E-state index is -0.658. The van der Waals surface area contributed by atoms with Crippen LogP contribution in [0.2, 0.25) is 0 Å². The molecule has 0 bridgehead atoms. The van der Waals surface area contributed by atoms with Crippen LogP contribution in [0.5, 0.6) is 11.5 Å². The minimum Gasteiger partial charge on any atom is -0.490 e. The van der Waals surface area contributed by atoms with Crippen LogP contribution in [0.1, 0.15) is 46.8 Å². The normalized spacial score (nSPS) is 16.1. The summed E-state index contributed by atoms with van der Waals surface area (Å²) >= 11 is 7.12. The van der Waals surface area contributed by atoms with E-state index < -0.39 is 11.9 Å². The Labute approximate surface area is 237 Å². The predicted octanol–water partition coefficient (Wildman–Crippen LogP) is 6.93. The van der Waals surface area contributed by atoms with Crippen molar-refractivity contribution in [3.8, 4) is 11.5 Å². The number of Topliss-reactive ketones (excluding diaryl/α,β-unsaturated/α-hetero) is 1. The van der Waals surface area contributed by atoms with E-state index in [1.807, 2.05) is 74.5 Å². The lowest BCUT2D eigenvalue weighted by Gasteiger charge is -2.29. The number of carbonyl (C=O) groups excluding carboxylic acids is 2. The highest BCUT2D eigenvalue weighted by Gasteiger charge is 2.43. The van der Waals surface area contributed by atoms with Gasteiger partial charge in [0, 0.05) is 32.8 Å². The van der Waals surface area contributed by atoms with Crippen molar-refractivity contribution in [3.63, 3.8) is 0 Å². The smallest absolute Gasteiger partial charge is 0.336 e. The van der Waals surface area contributed by atoms with Crippen LogP contribution in [0.4, 0.5) is 0 Å². The van der Waals surface area contributed by atoms with Gasteiger partial charge < -0.3 is 19.5 Å². The Balaban J connectivity index is 1.61. The Kier molecular flexibility index (Phi) is 7.45. The third-order valence-corrected chi connectivity index (χ3v) is 7.73. The lowest BCUT2D eigenvalue weighted by Crippen LogP contribution is -2.29. The zero-order chi connectivity index (χ0) is 27.0. The van der Waals surface area contributed by atoms with Gasteiger partial charge in [-0.3, -0.25) is 4.79 Å². The van der Waals surface area contributed by atoms with E-state index in [-0.39, 0.29) is 5.78 Å². The van der Waals surface area contributed by atoms with Crippen molar-refractivity contribution in [2.24, 2.45) is 0 Å². The number of esters is 1. The number of ether oxygens (including phenoxy) is 3. The van der Waals surface area contributed by atoms with Crippen molar-refractivity contribution >= 4 is 49.3 Å².